The highest BCUT2D eigenvalue weighted by molar-refractivity contribution is 7.96. The van der Waals surface area contributed by atoms with E-state index in [0.717, 1.165) is 39.5 Å². The molecule has 8 rings (SSSR count). The van der Waals surface area contributed by atoms with Crippen molar-refractivity contribution in [1.29, 1.82) is 0 Å². The molecule has 5 unspecified atom stereocenters. The molecule has 234 valence electrons. The quantitative estimate of drug-likeness (QED) is 0.142. The van der Waals surface area contributed by atoms with Crippen LogP contribution in [0.2, 0.25) is 0 Å². The first kappa shape index (κ1) is 30.4. The number of ether oxygens (including phenoxy) is 3. The highest BCUT2D eigenvalue weighted by atomic mass is 32.2. The Morgan fingerprint density at radius 1 is 0.857 bits per heavy atom. The van der Waals surface area contributed by atoms with Gasteiger partial charge in [-0.15, -0.1) is 4.33 Å². The van der Waals surface area contributed by atoms with E-state index in [1.54, 1.807) is 0 Å². The third-order valence-electron chi connectivity index (χ3n) is 11.0. The molecule has 1 N–H and O–H groups in total. The number of hydrogen-bond acceptors (Lipinski definition) is 11. The second kappa shape index (κ2) is 10.7. The minimum absolute atomic E-state index is 0.141. The smallest absolute Gasteiger partial charge is 0.372 e. The van der Waals surface area contributed by atoms with Crippen LogP contribution in [0.1, 0.15) is 78.1 Å². The van der Waals surface area contributed by atoms with Crippen molar-refractivity contribution in [3.63, 3.8) is 0 Å². The fraction of sp³-hybridized carbons (Fsp3) is 0.862. The summed E-state index contributed by atoms with van der Waals surface area (Å²) in [5, 5.41) is 11.8. The molecule has 0 spiro atoms. The zero-order valence-corrected chi connectivity index (χ0v) is 24.6. The Hall–Kier alpha value is -1.67. The lowest BCUT2D eigenvalue weighted by Crippen LogP contribution is -2.56. The predicted octanol–water partition coefficient (Wildman–Crippen LogP) is 4.69. The van der Waals surface area contributed by atoms with Crippen LogP contribution in [0, 0.1) is 46.3 Å². The zero-order chi connectivity index (χ0) is 30.1. The summed E-state index contributed by atoms with van der Waals surface area (Å²) in [6.07, 6.45) is 0.771. The number of carbonyl (C=O) groups excluding carboxylic acids is 4. The minimum Gasteiger partial charge on any atom is -0.461 e. The maximum Gasteiger partial charge on any atom is 0.372 e. The average Bonchev–Trinajstić information content (AvgIpc) is 2.93. The molecule has 0 aromatic heterocycles. The maximum atomic E-state index is 15.0. The van der Waals surface area contributed by atoms with Crippen molar-refractivity contribution in [2.45, 2.75) is 95.0 Å². The molecule has 0 aromatic carbocycles. The molecule has 0 radical (unpaired) electrons. The van der Waals surface area contributed by atoms with E-state index in [0.29, 0.717) is 38.5 Å². The Labute approximate surface area is 246 Å². The summed E-state index contributed by atoms with van der Waals surface area (Å²) in [4.78, 5) is 52.3. The van der Waals surface area contributed by atoms with Gasteiger partial charge in [0.15, 0.2) is 6.10 Å². The molecule has 8 aliphatic carbocycles. The Morgan fingerprint density at radius 2 is 1.33 bits per heavy atom. The van der Waals surface area contributed by atoms with Crippen molar-refractivity contribution in [2.24, 2.45) is 46.3 Å². The molecule has 42 heavy (non-hydrogen) atoms. The molecule has 13 heteroatoms. The molecule has 0 amide bonds. The fourth-order valence-corrected chi connectivity index (χ4v) is 9.58. The van der Waals surface area contributed by atoms with Crippen LogP contribution in [-0.2, 0) is 42.8 Å². The van der Waals surface area contributed by atoms with E-state index in [2.05, 4.69) is 9.37 Å². The number of halogens is 2. The van der Waals surface area contributed by atoms with Gasteiger partial charge in [0.25, 0.3) is 0 Å². The van der Waals surface area contributed by atoms with Crippen LogP contribution in [0.3, 0.4) is 0 Å². The van der Waals surface area contributed by atoms with Crippen molar-refractivity contribution in [1.82, 2.24) is 0 Å². The van der Waals surface area contributed by atoms with Gasteiger partial charge >= 0.3 is 18.0 Å². The highest BCUT2D eigenvalue weighted by Gasteiger charge is 2.61. The number of hydrogen-bond donors (Lipinski definition) is 1. The van der Waals surface area contributed by atoms with Crippen molar-refractivity contribution in [2.75, 3.05) is 13.2 Å². The van der Waals surface area contributed by atoms with Crippen molar-refractivity contribution < 1.29 is 56.8 Å². The van der Waals surface area contributed by atoms with E-state index in [1.807, 2.05) is 0 Å². The second-order valence-corrected chi connectivity index (χ2v) is 15.6. The molecular weight excluding hydrogens is 578 g/mol. The Kier molecular flexibility index (Phi) is 7.77. The monoisotopic (exact) mass is 616 g/mol. The summed E-state index contributed by atoms with van der Waals surface area (Å²) in [6, 6.07) is 0. The summed E-state index contributed by atoms with van der Waals surface area (Å²) in [6.45, 7) is 0.961. The highest BCUT2D eigenvalue weighted by Crippen LogP contribution is 2.60. The number of ketones is 2. The largest absolute Gasteiger partial charge is 0.461 e. The summed E-state index contributed by atoms with van der Waals surface area (Å²) in [5.74, 6) is -0.793. The molecule has 8 saturated carbocycles. The van der Waals surface area contributed by atoms with Gasteiger partial charge < -0.3 is 14.2 Å². The predicted molar refractivity (Wildman–Crippen MR) is 140 cm³/mol. The summed E-state index contributed by atoms with van der Waals surface area (Å²) in [7, 11) is 0. The summed E-state index contributed by atoms with van der Waals surface area (Å²) >= 11 is 0.141. The summed E-state index contributed by atoms with van der Waals surface area (Å²) < 4.78 is 48.7. The molecule has 0 aromatic rings. The molecule has 0 saturated heterocycles. The average molecular weight is 617 g/mol. The van der Waals surface area contributed by atoms with Gasteiger partial charge in [-0.25, -0.2) is 5.26 Å². The van der Waals surface area contributed by atoms with E-state index in [-0.39, 0.29) is 59.1 Å². The topological polar surface area (TPSA) is 135 Å². The van der Waals surface area contributed by atoms with Crippen molar-refractivity contribution >= 4 is 35.5 Å². The molecular formula is C29H38F2O10S. The van der Waals surface area contributed by atoms with Crippen LogP contribution in [0.5, 0.6) is 0 Å². The van der Waals surface area contributed by atoms with Gasteiger partial charge in [0.05, 0.1) is 29.5 Å². The van der Waals surface area contributed by atoms with Gasteiger partial charge in [-0.1, -0.05) is 5.04 Å². The molecule has 8 aliphatic rings. The molecule has 10 nitrogen and oxygen atoms in total. The lowest BCUT2D eigenvalue weighted by Gasteiger charge is -2.54. The Morgan fingerprint density at radius 3 is 1.81 bits per heavy atom. The third-order valence-corrected chi connectivity index (χ3v) is 11.7. The van der Waals surface area contributed by atoms with Gasteiger partial charge in [-0.3, -0.25) is 19.2 Å². The molecule has 0 aliphatic heterocycles. The van der Waals surface area contributed by atoms with Gasteiger partial charge in [-0.05, 0) is 89.9 Å². The van der Waals surface area contributed by atoms with Crippen molar-refractivity contribution in [3.05, 3.63) is 0 Å². The lowest BCUT2D eigenvalue weighted by molar-refractivity contribution is -0.433. The van der Waals surface area contributed by atoms with Crippen LogP contribution < -0.4 is 0 Å². The van der Waals surface area contributed by atoms with Gasteiger partial charge in [-0.2, -0.15) is 8.78 Å². The Bertz CT molecular complexity index is 1110. The first-order valence-corrected chi connectivity index (χ1v) is 15.6. The molecule has 5 atom stereocenters. The number of alkyl halides is 2. The van der Waals surface area contributed by atoms with Gasteiger partial charge in [0, 0.05) is 23.7 Å². The first-order chi connectivity index (χ1) is 19.8. The normalized spacial score (nSPS) is 39.1. The maximum absolute atomic E-state index is 15.0. The van der Waals surface area contributed by atoms with Crippen LogP contribution >= 0.6 is 12.0 Å². The molecule has 0 heterocycles. The van der Waals surface area contributed by atoms with Crippen LogP contribution in [0.15, 0.2) is 0 Å². The SMILES string of the molecule is CC(C)(SOOO)C(F)(F)OCC(COC(=O)C12CC3CC(C1)C(=O)C(C3)C2)OC(=O)C12CC3CC(C1)C(=O)C(C3)C2. The number of esters is 2. The zero-order valence-electron chi connectivity index (χ0n) is 23.8. The lowest BCUT2D eigenvalue weighted by atomic mass is 9.49. The number of Topliss-reactive ketones (excluding diaryl/α,β-unsaturated/α-hetero) is 2. The van der Waals surface area contributed by atoms with Crippen molar-refractivity contribution in [3.8, 4) is 0 Å². The molecule has 8 fully saturated rings. The van der Waals surface area contributed by atoms with Crippen LogP contribution in [-0.4, -0.2) is 58.9 Å². The van der Waals surface area contributed by atoms with E-state index in [1.165, 1.54) is 0 Å². The van der Waals surface area contributed by atoms with Gasteiger partial charge in [0.2, 0.25) is 0 Å². The second-order valence-electron chi connectivity index (χ2n) is 14.2. The third kappa shape index (κ3) is 5.20. The van der Waals surface area contributed by atoms with Gasteiger partial charge in [0.1, 0.15) is 22.9 Å². The summed E-state index contributed by atoms with van der Waals surface area (Å²) in [5.41, 5.74) is -1.65. The number of carbonyl (C=O) groups is 4. The fourth-order valence-electron chi connectivity index (χ4n) is 9.23. The molecule has 8 bridgehead atoms. The van der Waals surface area contributed by atoms with E-state index < -0.39 is 52.9 Å². The van der Waals surface area contributed by atoms with E-state index >= 15 is 8.78 Å². The minimum atomic E-state index is -3.84. The van der Waals surface area contributed by atoms with E-state index in [9.17, 15) is 19.2 Å². The first-order valence-electron chi connectivity index (χ1n) is 14.9. The van der Waals surface area contributed by atoms with Crippen LogP contribution in [0.25, 0.3) is 0 Å². The van der Waals surface area contributed by atoms with Crippen LogP contribution in [0.4, 0.5) is 8.78 Å². The van der Waals surface area contributed by atoms with E-state index in [4.69, 9.17) is 19.5 Å². The Balaban J connectivity index is 1.15. The standard InChI is InChI=1S/C29H38F2O10S/c1-26(2,42-41-40-36)29(30,31)38-14-21(39-25(35)28-8-16-5-19(11-28)23(33)20(6-16)12-28)13-37-24(34)27-7-15-3-17(9-27)22(32)18(4-15)10-27/h15-21,36H,3-14H2,1-2H3. The number of rotatable bonds is 12.